The van der Waals surface area contributed by atoms with Crippen molar-refractivity contribution < 1.29 is 0 Å². The molecular formula is C26H34. The SMILES string of the molecule is CCCc1c(C)cc2c(c1C)Cc1c(c(C)cc3c1C(C)(C)C3(C)C)C2. The van der Waals surface area contributed by atoms with Gasteiger partial charge in [-0.05, 0) is 106 Å². The van der Waals surface area contributed by atoms with E-state index in [9.17, 15) is 0 Å². The Bertz CT molecular complexity index is 922. The van der Waals surface area contributed by atoms with Crippen LogP contribution < -0.4 is 0 Å². The van der Waals surface area contributed by atoms with Crippen molar-refractivity contribution in [2.45, 2.75) is 91.9 Å². The summed E-state index contributed by atoms with van der Waals surface area (Å²) in [6.07, 6.45) is 4.69. The number of benzene rings is 2. The summed E-state index contributed by atoms with van der Waals surface area (Å²) in [5, 5.41) is 0. The summed E-state index contributed by atoms with van der Waals surface area (Å²) in [5.41, 5.74) is 16.4. The van der Waals surface area contributed by atoms with Crippen molar-refractivity contribution in [3.63, 3.8) is 0 Å². The predicted molar refractivity (Wildman–Crippen MR) is 113 cm³/mol. The molecule has 0 fully saturated rings. The zero-order chi connectivity index (χ0) is 19.0. The zero-order valence-corrected chi connectivity index (χ0v) is 18.0. The first kappa shape index (κ1) is 17.8. The van der Waals surface area contributed by atoms with Crippen molar-refractivity contribution in [1.82, 2.24) is 0 Å². The van der Waals surface area contributed by atoms with Crippen molar-refractivity contribution in [3.05, 3.63) is 67.8 Å². The van der Waals surface area contributed by atoms with Crippen LogP contribution in [0.2, 0.25) is 0 Å². The van der Waals surface area contributed by atoms with E-state index < -0.39 is 0 Å². The molecule has 0 radical (unpaired) electrons. The molecule has 0 spiro atoms. The molecular weight excluding hydrogens is 312 g/mol. The highest BCUT2D eigenvalue weighted by atomic mass is 14.6. The second-order valence-corrected chi connectivity index (χ2v) is 9.86. The molecule has 0 amide bonds. The number of fused-ring (bicyclic) bond motifs is 4. The molecule has 0 saturated heterocycles. The Morgan fingerprint density at radius 3 is 2.15 bits per heavy atom. The Balaban J connectivity index is 1.92. The summed E-state index contributed by atoms with van der Waals surface area (Å²) < 4.78 is 0. The van der Waals surface area contributed by atoms with Crippen molar-refractivity contribution >= 4 is 0 Å². The number of rotatable bonds is 2. The summed E-state index contributed by atoms with van der Waals surface area (Å²) in [5.74, 6) is 0. The van der Waals surface area contributed by atoms with Gasteiger partial charge < -0.3 is 0 Å². The third-order valence-corrected chi connectivity index (χ3v) is 8.01. The van der Waals surface area contributed by atoms with Crippen LogP contribution in [0.5, 0.6) is 0 Å². The molecule has 2 aliphatic carbocycles. The smallest absolute Gasteiger partial charge is 0.000605 e. The first-order valence-corrected chi connectivity index (χ1v) is 10.4. The third-order valence-electron chi connectivity index (χ3n) is 8.01. The molecule has 4 rings (SSSR count). The average Bonchev–Trinajstić information content (AvgIpc) is 2.57. The molecule has 138 valence electrons. The van der Waals surface area contributed by atoms with E-state index in [4.69, 9.17) is 0 Å². The number of hydrogen-bond acceptors (Lipinski definition) is 0. The van der Waals surface area contributed by atoms with Crippen LogP contribution >= 0.6 is 0 Å². The third kappa shape index (κ3) is 2.08. The number of hydrogen-bond donors (Lipinski definition) is 0. The normalized spacial score (nSPS) is 18.6. The van der Waals surface area contributed by atoms with Gasteiger partial charge in [0.1, 0.15) is 0 Å². The fraction of sp³-hybridized carbons (Fsp3) is 0.538. The van der Waals surface area contributed by atoms with Gasteiger partial charge in [0.05, 0.1) is 0 Å². The molecule has 2 aromatic rings. The fourth-order valence-electron chi connectivity index (χ4n) is 5.72. The van der Waals surface area contributed by atoms with E-state index >= 15 is 0 Å². The van der Waals surface area contributed by atoms with Gasteiger partial charge in [-0.25, -0.2) is 0 Å². The Kier molecular flexibility index (Phi) is 3.75. The Morgan fingerprint density at radius 2 is 1.50 bits per heavy atom. The van der Waals surface area contributed by atoms with E-state index in [1.807, 2.05) is 0 Å². The van der Waals surface area contributed by atoms with Gasteiger partial charge in [0.2, 0.25) is 0 Å². The molecule has 0 aromatic heterocycles. The molecule has 26 heavy (non-hydrogen) atoms. The highest BCUT2D eigenvalue weighted by Crippen LogP contribution is 2.58. The summed E-state index contributed by atoms with van der Waals surface area (Å²) in [4.78, 5) is 0. The molecule has 2 aromatic carbocycles. The van der Waals surface area contributed by atoms with Gasteiger partial charge in [-0.3, -0.25) is 0 Å². The molecule has 0 N–H and O–H groups in total. The van der Waals surface area contributed by atoms with Crippen LogP contribution in [0.3, 0.4) is 0 Å². The maximum absolute atomic E-state index is 2.50. The Hall–Kier alpha value is -1.56. The van der Waals surface area contributed by atoms with E-state index in [0.717, 1.165) is 12.8 Å². The van der Waals surface area contributed by atoms with E-state index in [1.165, 1.54) is 24.0 Å². The average molecular weight is 347 g/mol. The van der Waals surface area contributed by atoms with Crippen LogP contribution in [0.1, 0.15) is 96.7 Å². The molecule has 0 nitrogen and oxygen atoms in total. The van der Waals surface area contributed by atoms with Crippen molar-refractivity contribution in [2.24, 2.45) is 0 Å². The molecule has 0 atom stereocenters. The van der Waals surface area contributed by atoms with Crippen molar-refractivity contribution in [1.29, 1.82) is 0 Å². The second kappa shape index (κ2) is 5.47. The highest BCUT2D eigenvalue weighted by Gasteiger charge is 2.53. The van der Waals surface area contributed by atoms with Gasteiger partial charge in [0, 0.05) is 0 Å². The van der Waals surface area contributed by atoms with Crippen LogP contribution in [0.25, 0.3) is 0 Å². The molecule has 0 aliphatic heterocycles. The quantitative estimate of drug-likeness (QED) is 0.488. The minimum atomic E-state index is 0.266. The van der Waals surface area contributed by atoms with Crippen LogP contribution in [0.15, 0.2) is 12.1 Å². The lowest BCUT2D eigenvalue weighted by atomic mass is 9.47. The Labute approximate surface area is 160 Å². The van der Waals surface area contributed by atoms with Gasteiger partial charge in [-0.1, -0.05) is 53.2 Å². The first-order valence-electron chi connectivity index (χ1n) is 10.4. The molecule has 0 unspecified atom stereocenters. The van der Waals surface area contributed by atoms with E-state index in [2.05, 4.69) is 67.5 Å². The van der Waals surface area contributed by atoms with Gasteiger partial charge in [-0.15, -0.1) is 0 Å². The molecule has 0 bridgehead atoms. The number of aryl methyl sites for hydroxylation is 2. The monoisotopic (exact) mass is 346 g/mol. The van der Waals surface area contributed by atoms with Gasteiger partial charge in [-0.2, -0.15) is 0 Å². The van der Waals surface area contributed by atoms with Crippen LogP contribution in [-0.4, -0.2) is 0 Å². The predicted octanol–water partition coefficient (Wildman–Crippen LogP) is 6.63. The van der Waals surface area contributed by atoms with E-state index in [1.54, 1.807) is 44.5 Å². The zero-order valence-electron chi connectivity index (χ0n) is 18.0. The Morgan fingerprint density at radius 1 is 0.808 bits per heavy atom. The second-order valence-electron chi connectivity index (χ2n) is 9.86. The van der Waals surface area contributed by atoms with Gasteiger partial charge >= 0.3 is 0 Å². The maximum Gasteiger partial charge on any atom is -0.000605 e. The van der Waals surface area contributed by atoms with Crippen molar-refractivity contribution in [2.75, 3.05) is 0 Å². The minimum absolute atomic E-state index is 0.266. The topological polar surface area (TPSA) is 0 Å². The molecule has 0 saturated carbocycles. The highest BCUT2D eigenvalue weighted by molar-refractivity contribution is 5.65. The summed E-state index contributed by atoms with van der Waals surface area (Å²) >= 11 is 0. The van der Waals surface area contributed by atoms with Gasteiger partial charge in [0.15, 0.2) is 0 Å². The molecule has 0 heteroatoms. The lowest BCUT2D eigenvalue weighted by Crippen LogP contribution is -2.52. The summed E-state index contributed by atoms with van der Waals surface area (Å²) in [7, 11) is 0. The summed E-state index contributed by atoms with van der Waals surface area (Å²) in [6.45, 7) is 19.1. The molecule has 2 aliphatic rings. The van der Waals surface area contributed by atoms with E-state index in [0.29, 0.717) is 0 Å². The standard InChI is InChI=1S/C26H34/c1-9-10-19-15(2)11-18-13-20-16(3)12-23-24(26(7,8)25(23,5)6)22(20)14-21(18)17(19)4/h11-12H,9-10,13-14H2,1-8H3. The maximum atomic E-state index is 2.50. The molecule has 0 heterocycles. The van der Waals surface area contributed by atoms with Crippen molar-refractivity contribution in [3.8, 4) is 0 Å². The lowest BCUT2D eigenvalue weighted by Gasteiger charge is -2.56. The van der Waals surface area contributed by atoms with Gasteiger partial charge in [0.25, 0.3) is 0 Å². The largest absolute Gasteiger partial charge is 0.0651 e. The lowest BCUT2D eigenvalue weighted by molar-refractivity contribution is 0.239. The first-order chi connectivity index (χ1) is 12.1. The van der Waals surface area contributed by atoms with Crippen LogP contribution in [0, 0.1) is 20.8 Å². The fourth-order valence-corrected chi connectivity index (χ4v) is 5.72. The van der Waals surface area contributed by atoms with E-state index in [-0.39, 0.29) is 10.8 Å². The van der Waals surface area contributed by atoms with Crippen LogP contribution in [-0.2, 0) is 30.1 Å². The summed E-state index contributed by atoms with van der Waals surface area (Å²) in [6, 6.07) is 4.99. The van der Waals surface area contributed by atoms with Crippen LogP contribution in [0.4, 0.5) is 0 Å². The minimum Gasteiger partial charge on any atom is -0.0651 e.